The van der Waals surface area contributed by atoms with E-state index in [2.05, 4.69) is 54.3 Å². The van der Waals surface area contributed by atoms with E-state index >= 15 is 0 Å². The van der Waals surface area contributed by atoms with E-state index in [1.54, 1.807) is 0 Å². The second-order valence-corrected chi connectivity index (χ2v) is 7.10. The molecule has 1 aliphatic rings. The third-order valence-corrected chi connectivity index (χ3v) is 4.86. The van der Waals surface area contributed by atoms with Crippen molar-refractivity contribution in [2.45, 2.75) is 45.6 Å². The molecule has 1 aromatic heterocycles. The molecule has 0 spiro atoms. The molecule has 0 saturated heterocycles. The lowest BCUT2D eigenvalue weighted by atomic mass is 9.87. The van der Waals surface area contributed by atoms with Crippen LogP contribution in [-0.2, 0) is 12.8 Å². The average molecular weight is 333 g/mol. The number of fused-ring (bicyclic) bond motifs is 1. The van der Waals surface area contributed by atoms with Crippen LogP contribution in [0.3, 0.4) is 0 Å². The fourth-order valence-electron chi connectivity index (χ4n) is 3.78. The van der Waals surface area contributed by atoms with E-state index in [1.165, 1.54) is 27.8 Å². The summed E-state index contributed by atoms with van der Waals surface area (Å²) >= 11 is 0. The molecule has 0 aliphatic heterocycles. The summed E-state index contributed by atoms with van der Waals surface area (Å²) in [7, 11) is 0. The Morgan fingerprint density at radius 2 is 1.92 bits per heavy atom. The van der Waals surface area contributed by atoms with Gasteiger partial charge in [-0.25, -0.2) is 0 Å². The van der Waals surface area contributed by atoms with Crippen molar-refractivity contribution in [1.29, 1.82) is 0 Å². The van der Waals surface area contributed by atoms with Crippen LogP contribution in [0.2, 0.25) is 0 Å². The van der Waals surface area contributed by atoms with Crippen molar-refractivity contribution in [1.82, 2.24) is 10.1 Å². The van der Waals surface area contributed by atoms with Gasteiger partial charge in [0, 0.05) is 18.0 Å². The summed E-state index contributed by atoms with van der Waals surface area (Å²) in [5, 5.41) is 4.16. The summed E-state index contributed by atoms with van der Waals surface area (Å²) in [6.45, 7) is 4.21. The Balaban J connectivity index is 1.59. The number of benzene rings is 2. The van der Waals surface area contributed by atoms with Crippen molar-refractivity contribution in [3.8, 4) is 11.5 Å². The van der Waals surface area contributed by atoms with Crippen LogP contribution in [0, 0.1) is 13.8 Å². The lowest BCUT2D eigenvalue weighted by Gasteiger charge is -2.22. The van der Waals surface area contributed by atoms with Gasteiger partial charge in [-0.15, -0.1) is 0 Å². The van der Waals surface area contributed by atoms with Crippen molar-refractivity contribution in [2.75, 3.05) is 0 Å². The van der Waals surface area contributed by atoms with E-state index in [1.807, 2.05) is 6.07 Å². The SMILES string of the molecule is Cc1cc(C)cc(Cc2noc(-c3ccc4c(c3)CCCC4N)n2)c1. The highest BCUT2D eigenvalue weighted by atomic mass is 16.5. The molecule has 0 amide bonds. The molecule has 0 fully saturated rings. The molecule has 4 nitrogen and oxygen atoms in total. The highest BCUT2D eigenvalue weighted by Crippen LogP contribution is 2.31. The molecule has 4 heteroatoms. The van der Waals surface area contributed by atoms with Gasteiger partial charge in [0.05, 0.1) is 0 Å². The van der Waals surface area contributed by atoms with Gasteiger partial charge in [0.1, 0.15) is 0 Å². The quantitative estimate of drug-likeness (QED) is 0.777. The number of rotatable bonds is 3. The number of hydrogen-bond acceptors (Lipinski definition) is 4. The molecule has 2 N–H and O–H groups in total. The predicted molar refractivity (Wildman–Crippen MR) is 98.3 cm³/mol. The van der Waals surface area contributed by atoms with Crippen molar-refractivity contribution < 1.29 is 4.52 Å². The van der Waals surface area contributed by atoms with Crippen molar-refractivity contribution in [3.63, 3.8) is 0 Å². The molecule has 25 heavy (non-hydrogen) atoms. The van der Waals surface area contributed by atoms with Gasteiger partial charge in [0.15, 0.2) is 5.82 Å². The second kappa shape index (κ2) is 6.45. The Labute approximate surface area is 148 Å². The fourth-order valence-corrected chi connectivity index (χ4v) is 3.78. The van der Waals surface area contributed by atoms with Gasteiger partial charge in [0.2, 0.25) is 0 Å². The normalized spacial score (nSPS) is 16.7. The van der Waals surface area contributed by atoms with Gasteiger partial charge in [0.25, 0.3) is 5.89 Å². The summed E-state index contributed by atoms with van der Waals surface area (Å²) in [4.78, 5) is 4.59. The third-order valence-electron chi connectivity index (χ3n) is 4.86. The van der Waals surface area contributed by atoms with E-state index < -0.39 is 0 Å². The number of nitrogens with two attached hydrogens (primary N) is 1. The van der Waals surface area contributed by atoms with Gasteiger partial charge in [-0.2, -0.15) is 4.98 Å². The van der Waals surface area contributed by atoms with Crippen LogP contribution >= 0.6 is 0 Å². The smallest absolute Gasteiger partial charge is 0.257 e. The molecular weight excluding hydrogens is 310 g/mol. The Bertz CT molecular complexity index is 893. The minimum atomic E-state index is 0.153. The Morgan fingerprint density at radius 1 is 1.12 bits per heavy atom. The highest BCUT2D eigenvalue weighted by molar-refractivity contribution is 5.56. The van der Waals surface area contributed by atoms with Crippen LogP contribution in [0.5, 0.6) is 0 Å². The van der Waals surface area contributed by atoms with Gasteiger partial charge in [-0.1, -0.05) is 40.5 Å². The van der Waals surface area contributed by atoms with Gasteiger partial charge in [-0.3, -0.25) is 0 Å². The minimum absolute atomic E-state index is 0.153. The molecule has 1 aliphatic carbocycles. The zero-order chi connectivity index (χ0) is 17.4. The van der Waals surface area contributed by atoms with Crippen LogP contribution in [0.4, 0.5) is 0 Å². The lowest BCUT2D eigenvalue weighted by Crippen LogP contribution is -2.17. The van der Waals surface area contributed by atoms with Gasteiger partial charge < -0.3 is 10.3 Å². The first kappa shape index (κ1) is 16.0. The van der Waals surface area contributed by atoms with Crippen LogP contribution in [-0.4, -0.2) is 10.1 Å². The molecule has 128 valence electrons. The molecule has 0 bridgehead atoms. The Hall–Kier alpha value is -2.46. The molecule has 2 aromatic carbocycles. The van der Waals surface area contributed by atoms with Crippen LogP contribution in [0.15, 0.2) is 40.9 Å². The number of nitrogens with zero attached hydrogens (tertiary/aromatic N) is 2. The molecule has 1 heterocycles. The second-order valence-electron chi connectivity index (χ2n) is 7.10. The molecule has 1 unspecified atom stereocenters. The zero-order valence-electron chi connectivity index (χ0n) is 14.7. The number of aromatic nitrogens is 2. The standard InChI is InChI=1S/C21H23N3O/c1-13-8-14(2)10-15(9-13)11-20-23-21(25-24-20)17-6-7-18-16(12-17)4-3-5-19(18)22/h6-10,12,19H,3-5,11,22H2,1-2H3. The summed E-state index contributed by atoms with van der Waals surface area (Å²) in [5.41, 5.74) is 13.5. The van der Waals surface area contributed by atoms with Gasteiger partial charge >= 0.3 is 0 Å². The molecule has 0 radical (unpaired) electrons. The first-order chi connectivity index (χ1) is 12.1. The lowest BCUT2D eigenvalue weighted by molar-refractivity contribution is 0.424. The molecule has 0 saturated carbocycles. The molecule has 3 aromatic rings. The minimum Gasteiger partial charge on any atom is -0.334 e. The van der Waals surface area contributed by atoms with Crippen molar-refractivity contribution >= 4 is 0 Å². The summed E-state index contributed by atoms with van der Waals surface area (Å²) in [6, 6.07) is 13.0. The van der Waals surface area contributed by atoms with E-state index in [4.69, 9.17) is 10.3 Å². The summed E-state index contributed by atoms with van der Waals surface area (Å²) < 4.78 is 5.51. The van der Waals surface area contributed by atoms with E-state index in [9.17, 15) is 0 Å². The molecular formula is C21H23N3O. The maximum absolute atomic E-state index is 6.20. The molecule has 4 rings (SSSR count). The largest absolute Gasteiger partial charge is 0.334 e. The first-order valence-corrected chi connectivity index (χ1v) is 8.87. The highest BCUT2D eigenvalue weighted by Gasteiger charge is 2.18. The van der Waals surface area contributed by atoms with Crippen LogP contribution in [0.1, 0.15) is 52.5 Å². The van der Waals surface area contributed by atoms with E-state index in [0.29, 0.717) is 12.3 Å². The molecule has 1 atom stereocenters. The first-order valence-electron chi connectivity index (χ1n) is 8.87. The predicted octanol–water partition coefficient (Wildman–Crippen LogP) is 4.28. The summed E-state index contributed by atoms with van der Waals surface area (Å²) in [6.07, 6.45) is 3.95. The average Bonchev–Trinajstić information content (AvgIpc) is 3.02. The van der Waals surface area contributed by atoms with Crippen LogP contribution in [0.25, 0.3) is 11.5 Å². The Kier molecular flexibility index (Phi) is 4.14. The number of aryl methyl sites for hydroxylation is 3. The Morgan fingerprint density at radius 3 is 2.72 bits per heavy atom. The summed E-state index contributed by atoms with van der Waals surface area (Å²) in [5.74, 6) is 1.30. The number of hydrogen-bond donors (Lipinski definition) is 1. The van der Waals surface area contributed by atoms with Crippen molar-refractivity contribution in [2.24, 2.45) is 5.73 Å². The van der Waals surface area contributed by atoms with E-state index in [-0.39, 0.29) is 6.04 Å². The zero-order valence-corrected chi connectivity index (χ0v) is 14.7. The topological polar surface area (TPSA) is 64.9 Å². The van der Waals surface area contributed by atoms with Crippen LogP contribution < -0.4 is 5.73 Å². The van der Waals surface area contributed by atoms with Crippen molar-refractivity contribution in [3.05, 3.63) is 70.0 Å². The monoisotopic (exact) mass is 333 g/mol. The fraction of sp³-hybridized carbons (Fsp3) is 0.333. The maximum Gasteiger partial charge on any atom is 0.257 e. The van der Waals surface area contributed by atoms with E-state index in [0.717, 1.165) is 30.7 Å². The van der Waals surface area contributed by atoms with Gasteiger partial charge in [-0.05, 0) is 61.9 Å². The third kappa shape index (κ3) is 3.35. The maximum atomic E-state index is 6.20.